The Morgan fingerprint density at radius 3 is 2.53 bits per heavy atom. The molecule has 2 saturated heterocycles. The fourth-order valence-electron chi connectivity index (χ4n) is 3.22. The molecule has 3 nitrogen and oxygen atoms in total. The molecule has 1 N–H and O–H groups in total. The third kappa shape index (κ3) is 3.93. The Hall–Kier alpha value is -0.120. The SMILES string of the molecule is CC1CNC(C(C)(C)C)CN1CC1CCC(C)(C)O1. The number of piperazine rings is 1. The van der Waals surface area contributed by atoms with Crippen molar-refractivity contribution in [3.8, 4) is 0 Å². The highest BCUT2D eigenvalue weighted by Gasteiger charge is 2.37. The molecular weight excluding hydrogens is 236 g/mol. The van der Waals surface area contributed by atoms with Gasteiger partial charge in [-0.25, -0.2) is 0 Å². The summed E-state index contributed by atoms with van der Waals surface area (Å²) in [4.78, 5) is 2.62. The van der Waals surface area contributed by atoms with E-state index in [9.17, 15) is 0 Å². The highest BCUT2D eigenvalue weighted by atomic mass is 16.5. The van der Waals surface area contributed by atoms with Gasteiger partial charge < -0.3 is 10.1 Å². The van der Waals surface area contributed by atoms with Crippen molar-refractivity contribution in [3.63, 3.8) is 0 Å². The molecule has 3 atom stereocenters. The second kappa shape index (κ2) is 5.34. The molecule has 0 amide bonds. The first-order chi connectivity index (χ1) is 8.67. The fraction of sp³-hybridized carbons (Fsp3) is 1.00. The molecule has 19 heavy (non-hydrogen) atoms. The number of ether oxygens (including phenoxy) is 1. The molecule has 0 aromatic carbocycles. The van der Waals surface area contributed by atoms with Gasteiger partial charge in [0, 0.05) is 31.7 Å². The van der Waals surface area contributed by atoms with Gasteiger partial charge >= 0.3 is 0 Å². The van der Waals surface area contributed by atoms with Crippen LogP contribution in [0.3, 0.4) is 0 Å². The summed E-state index contributed by atoms with van der Waals surface area (Å²) in [5.41, 5.74) is 0.416. The van der Waals surface area contributed by atoms with E-state index in [2.05, 4.69) is 51.8 Å². The summed E-state index contributed by atoms with van der Waals surface area (Å²) in [5, 5.41) is 3.70. The van der Waals surface area contributed by atoms with Gasteiger partial charge in [0.2, 0.25) is 0 Å². The van der Waals surface area contributed by atoms with Gasteiger partial charge in [-0.15, -0.1) is 0 Å². The first-order valence-electron chi connectivity index (χ1n) is 7.83. The molecule has 2 fully saturated rings. The molecule has 0 aliphatic carbocycles. The Labute approximate surface area is 119 Å². The largest absolute Gasteiger partial charge is 0.371 e. The Morgan fingerprint density at radius 1 is 1.32 bits per heavy atom. The minimum Gasteiger partial charge on any atom is -0.371 e. The van der Waals surface area contributed by atoms with E-state index >= 15 is 0 Å². The van der Waals surface area contributed by atoms with Crippen LogP contribution < -0.4 is 5.32 Å². The lowest BCUT2D eigenvalue weighted by Gasteiger charge is -2.44. The summed E-state index contributed by atoms with van der Waals surface area (Å²) in [5.74, 6) is 0. The molecular formula is C16H32N2O. The molecule has 0 aromatic rings. The smallest absolute Gasteiger partial charge is 0.0710 e. The predicted molar refractivity (Wildman–Crippen MR) is 80.5 cm³/mol. The lowest BCUT2D eigenvalue weighted by molar-refractivity contribution is -0.0403. The van der Waals surface area contributed by atoms with Crippen molar-refractivity contribution in [2.75, 3.05) is 19.6 Å². The summed E-state index contributed by atoms with van der Waals surface area (Å²) in [6.07, 6.45) is 2.83. The van der Waals surface area contributed by atoms with Crippen molar-refractivity contribution in [1.82, 2.24) is 10.2 Å². The number of nitrogens with zero attached hydrogens (tertiary/aromatic N) is 1. The summed E-state index contributed by atoms with van der Waals surface area (Å²) in [6, 6.07) is 1.20. The second-order valence-electron chi connectivity index (χ2n) is 8.17. The Kier molecular flexibility index (Phi) is 4.29. The van der Waals surface area contributed by atoms with E-state index < -0.39 is 0 Å². The van der Waals surface area contributed by atoms with Crippen LogP contribution in [-0.4, -0.2) is 48.3 Å². The lowest BCUT2D eigenvalue weighted by atomic mass is 9.84. The topological polar surface area (TPSA) is 24.5 Å². The van der Waals surface area contributed by atoms with Crippen LogP contribution in [0.1, 0.15) is 54.4 Å². The molecule has 2 rings (SSSR count). The van der Waals surface area contributed by atoms with Gasteiger partial charge in [-0.3, -0.25) is 4.90 Å². The predicted octanol–water partition coefficient (Wildman–Crippen LogP) is 2.65. The van der Waals surface area contributed by atoms with Gasteiger partial charge in [0.15, 0.2) is 0 Å². The van der Waals surface area contributed by atoms with Crippen LogP contribution in [0.2, 0.25) is 0 Å². The molecule has 0 saturated carbocycles. The van der Waals surface area contributed by atoms with E-state index in [0.717, 1.165) is 19.6 Å². The first-order valence-corrected chi connectivity index (χ1v) is 7.83. The van der Waals surface area contributed by atoms with Crippen molar-refractivity contribution >= 4 is 0 Å². The number of rotatable bonds is 2. The minimum atomic E-state index is 0.0887. The molecule has 112 valence electrons. The normalized spacial score (nSPS) is 36.6. The zero-order valence-electron chi connectivity index (χ0n) is 13.6. The van der Waals surface area contributed by atoms with E-state index in [1.165, 1.54) is 12.8 Å². The Bertz CT molecular complexity index is 308. The summed E-state index contributed by atoms with van der Waals surface area (Å²) in [6.45, 7) is 17.1. The van der Waals surface area contributed by atoms with Crippen LogP contribution in [0, 0.1) is 5.41 Å². The van der Waals surface area contributed by atoms with E-state index in [0.29, 0.717) is 23.6 Å². The van der Waals surface area contributed by atoms with Gasteiger partial charge in [0.25, 0.3) is 0 Å². The fourth-order valence-corrected chi connectivity index (χ4v) is 3.22. The second-order valence-corrected chi connectivity index (χ2v) is 8.17. The maximum atomic E-state index is 6.16. The summed E-state index contributed by atoms with van der Waals surface area (Å²) < 4.78 is 6.16. The van der Waals surface area contributed by atoms with Gasteiger partial charge in [-0.1, -0.05) is 20.8 Å². The van der Waals surface area contributed by atoms with Crippen molar-refractivity contribution in [2.24, 2.45) is 5.41 Å². The third-order valence-corrected chi connectivity index (χ3v) is 4.74. The molecule has 2 aliphatic rings. The van der Waals surface area contributed by atoms with Gasteiger partial charge in [-0.2, -0.15) is 0 Å². The quantitative estimate of drug-likeness (QED) is 0.833. The summed E-state index contributed by atoms with van der Waals surface area (Å²) in [7, 11) is 0. The van der Waals surface area contributed by atoms with Crippen LogP contribution in [0.4, 0.5) is 0 Å². The molecule has 0 spiro atoms. The van der Waals surface area contributed by atoms with Crippen LogP contribution in [-0.2, 0) is 4.74 Å². The van der Waals surface area contributed by atoms with Crippen LogP contribution >= 0.6 is 0 Å². The summed E-state index contributed by atoms with van der Waals surface area (Å²) >= 11 is 0. The molecule has 3 unspecified atom stereocenters. The number of hydrogen-bond acceptors (Lipinski definition) is 3. The maximum absolute atomic E-state index is 6.16. The first kappa shape index (κ1) is 15.3. The van der Waals surface area contributed by atoms with E-state index in [1.807, 2.05) is 0 Å². The number of hydrogen-bond donors (Lipinski definition) is 1. The average molecular weight is 268 g/mol. The molecule has 2 heterocycles. The van der Waals surface area contributed by atoms with Gasteiger partial charge in [-0.05, 0) is 39.0 Å². The highest BCUT2D eigenvalue weighted by Crippen LogP contribution is 2.31. The zero-order valence-corrected chi connectivity index (χ0v) is 13.6. The number of nitrogens with one attached hydrogen (secondary N) is 1. The van der Waals surface area contributed by atoms with Crippen LogP contribution in [0.25, 0.3) is 0 Å². The van der Waals surface area contributed by atoms with E-state index in [1.54, 1.807) is 0 Å². The Morgan fingerprint density at radius 2 is 2.00 bits per heavy atom. The lowest BCUT2D eigenvalue weighted by Crippen LogP contribution is -2.60. The standard InChI is InChI=1S/C16H32N2O/c1-12-9-17-14(15(2,3)4)11-18(12)10-13-7-8-16(5,6)19-13/h12-14,17H,7-11H2,1-6H3. The van der Waals surface area contributed by atoms with Crippen LogP contribution in [0.15, 0.2) is 0 Å². The Balaban J connectivity index is 1.91. The van der Waals surface area contributed by atoms with Crippen molar-refractivity contribution < 1.29 is 4.74 Å². The van der Waals surface area contributed by atoms with E-state index in [-0.39, 0.29) is 5.60 Å². The highest BCUT2D eigenvalue weighted by molar-refractivity contribution is 4.92. The minimum absolute atomic E-state index is 0.0887. The average Bonchev–Trinajstić information content (AvgIpc) is 2.60. The van der Waals surface area contributed by atoms with Gasteiger partial charge in [0.1, 0.15) is 0 Å². The maximum Gasteiger partial charge on any atom is 0.0710 e. The van der Waals surface area contributed by atoms with Crippen molar-refractivity contribution in [1.29, 1.82) is 0 Å². The van der Waals surface area contributed by atoms with E-state index in [4.69, 9.17) is 4.74 Å². The van der Waals surface area contributed by atoms with Crippen molar-refractivity contribution in [3.05, 3.63) is 0 Å². The van der Waals surface area contributed by atoms with Gasteiger partial charge in [0.05, 0.1) is 11.7 Å². The van der Waals surface area contributed by atoms with Crippen LogP contribution in [0.5, 0.6) is 0 Å². The monoisotopic (exact) mass is 268 g/mol. The van der Waals surface area contributed by atoms with Crippen molar-refractivity contribution in [2.45, 2.75) is 78.2 Å². The molecule has 0 bridgehead atoms. The molecule has 2 aliphatic heterocycles. The zero-order chi connectivity index (χ0) is 14.3. The third-order valence-electron chi connectivity index (χ3n) is 4.74. The molecule has 0 radical (unpaired) electrons. The molecule has 0 aromatic heterocycles. The molecule has 3 heteroatoms.